The Bertz CT molecular complexity index is 144. The Morgan fingerprint density at radius 2 is 1.33 bits per heavy atom. The van der Waals surface area contributed by atoms with E-state index < -0.39 is 0 Å². The van der Waals surface area contributed by atoms with Gasteiger partial charge < -0.3 is 14.2 Å². The van der Waals surface area contributed by atoms with E-state index in [1.54, 1.807) is 21.3 Å². The van der Waals surface area contributed by atoms with Crippen LogP contribution in [0, 0.1) is 11.8 Å². The van der Waals surface area contributed by atoms with E-state index in [4.69, 9.17) is 14.2 Å². The van der Waals surface area contributed by atoms with E-state index in [2.05, 4.69) is 20.8 Å². The van der Waals surface area contributed by atoms with Crippen LogP contribution >= 0.6 is 0 Å². The van der Waals surface area contributed by atoms with Crippen LogP contribution in [0.15, 0.2) is 0 Å². The molecule has 0 heterocycles. The quantitative estimate of drug-likeness (QED) is 0.586. The normalized spacial score (nSPS) is 16.0. The Morgan fingerprint density at radius 3 is 1.67 bits per heavy atom. The molecule has 2 unspecified atom stereocenters. The summed E-state index contributed by atoms with van der Waals surface area (Å²) in [5.41, 5.74) is 0. The van der Waals surface area contributed by atoms with Crippen molar-refractivity contribution >= 4 is 0 Å². The second-order valence-corrected chi connectivity index (χ2v) is 4.41. The van der Waals surface area contributed by atoms with Crippen molar-refractivity contribution in [1.29, 1.82) is 0 Å². The molecule has 0 radical (unpaired) electrons. The van der Waals surface area contributed by atoms with Gasteiger partial charge in [-0.25, -0.2) is 0 Å². The van der Waals surface area contributed by atoms with Gasteiger partial charge >= 0.3 is 0 Å². The molecule has 0 aromatic carbocycles. The highest BCUT2D eigenvalue weighted by Gasteiger charge is 2.19. The third-order valence-electron chi connectivity index (χ3n) is 2.88. The summed E-state index contributed by atoms with van der Waals surface area (Å²) >= 11 is 0. The fraction of sp³-hybridized carbons (Fsp3) is 1.00. The molecule has 2 atom stereocenters. The second-order valence-electron chi connectivity index (χ2n) is 4.41. The maximum Gasteiger partial charge on any atom is 0.159 e. The molecule has 92 valence electrons. The Morgan fingerprint density at radius 1 is 0.800 bits per heavy atom. The maximum atomic E-state index is 5.43. The average molecular weight is 218 g/mol. The highest BCUT2D eigenvalue weighted by molar-refractivity contribution is 4.66. The van der Waals surface area contributed by atoms with Crippen LogP contribution in [0.25, 0.3) is 0 Å². The van der Waals surface area contributed by atoms with Gasteiger partial charge in [0.2, 0.25) is 0 Å². The monoisotopic (exact) mass is 218 g/mol. The summed E-state index contributed by atoms with van der Waals surface area (Å²) < 4.78 is 15.9. The van der Waals surface area contributed by atoms with Gasteiger partial charge in [0.1, 0.15) is 0 Å². The first kappa shape index (κ1) is 14.9. The Labute approximate surface area is 94.1 Å². The number of hydrogen-bond acceptors (Lipinski definition) is 3. The number of methoxy groups -OCH3 is 3. The SMILES string of the molecule is COC(CCC(C)C(OC)OC)C(C)C. The molecule has 0 fully saturated rings. The molecular formula is C12H26O3. The van der Waals surface area contributed by atoms with Crippen molar-refractivity contribution in [3.8, 4) is 0 Å². The Hall–Kier alpha value is -0.120. The molecule has 0 saturated heterocycles. The van der Waals surface area contributed by atoms with Gasteiger partial charge in [0.15, 0.2) is 6.29 Å². The lowest BCUT2D eigenvalue weighted by molar-refractivity contribution is -0.136. The summed E-state index contributed by atoms with van der Waals surface area (Å²) in [4.78, 5) is 0. The van der Waals surface area contributed by atoms with Gasteiger partial charge in [-0.1, -0.05) is 20.8 Å². The van der Waals surface area contributed by atoms with Gasteiger partial charge in [0.05, 0.1) is 6.10 Å². The van der Waals surface area contributed by atoms with Gasteiger partial charge in [0.25, 0.3) is 0 Å². The zero-order valence-corrected chi connectivity index (χ0v) is 10.9. The Balaban J connectivity index is 3.91. The maximum absolute atomic E-state index is 5.43. The minimum absolute atomic E-state index is 0.102. The molecule has 0 aromatic heterocycles. The number of rotatable bonds is 8. The lowest BCUT2D eigenvalue weighted by Gasteiger charge is -2.24. The van der Waals surface area contributed by atoms with Crippen LogP contribution in [-0.4, -0.2) is 33.7 Å². The smallest absolute Gasteiger partial charge is 0.159 e. The molecule has 0 rings (SSSR count). The molecule has 0 saturated carbocycles. The van der Waals surface area contributed by atoms with Gasteiger partial charge in [-0.2, -0.15) is 0 Å². The van der Waals surface area contributed by atoms with E-state index in [0.717, 1.165) is 12.8 Å². The average Bonchev–Trinajstić information content (AvgIpc) is 2.20. The van der Waals surface area contributed by atoms with Crippen LogP contribution in [0.4, 0.5) is 0 Å². The van der Waals surface area contributed by atoms with Crippen molar-refractivity contribution in [3.63, 3.8) is 0 Å². The van der Waals surface area contributed by atoms with Crippen molar-refractivity contribution < 1.29 is 14.2 Å². The minimum atomic E-state index is -0.102. The van der Waals surface area contributed by atoms with E-state index in [1.165, 1.54) is 0 Å². The first-order valence-electron chi connectivity index (χ1n) is 5.65. The summed E-state index contributed by atoms with van der Waals surface area (Å²) in [6.07, 6.45) is 2.35. The fourth-order valence-electron chi connectivity index (χ4n) is 1.85. The predicted molar refractivity (Wildman–Crippen MR) is 61.8 cm³/mol. The van der Waals surface area contributed by atoms with Crippen molar-refractivity contribution in [3.05, 3.63) is 0 Å². The lowest BCUT2D eigenvalue weighted by Crippen LogP contribution is -2.25. The summed E-state index contributed by atoms with van der Waals surface area (Å²) in [6, 6.07) is 0. The topological polar surface area (TPSA) is 27.7 Å². The van der Waals surface area contributed by atoms with Crippen LogP contribution < -0.4 is 0 Å². The van der Waals surface area contributed by atoms with Gasteiger partial charge in [0, 0.05) is 27.2 Å². The van der Waals surface area contributed by atoms with Gasteiger partial charge in [-0.3, -0.25) is 0 Å². The lowest BCUT2D eigenvalue weighted by atomic mass is 9.96. The Kier molecular flexibility index (Phi) is 8.02. The minimum Gasteiger partial charge on any atom is -0.381 e. The van der Waals surface area contributed by atoms with E-state index in [-0.39, 0.29) is 6.29 Å². The van der Waals surface area contributed by atoms with Crippen LogP contribution in [0.3, 0.4) is 0 Å². The van der Waals surface area contributed by atoms with E-state index in [1.807, 2.05) is 0 Å². The van der Waals surface area contributed by atoms with E-state index in [0.29, 0.717) is 17.9 Å². The zero-order chi connectivity index (χ0) is 11.8. The predicted octanol–water partition coefficient (Wildman–Crippen LogP) is 2.69. The molecule has 0 aliphatic carbocycles. The third-order valence-corrected chi connectivity index (χ3v) is 2.88. The second kappa shape index (κ2) is 8.08. The molecule has 0 aliphatic heterocycles. The summed E-state index contributed by atoms with van der Waals surface area (Å²) in [7, 11) is 5.14. The van der Waals surface area contributed by atoms with Gasteiger partial charge in [-0.05, 0) is 18.8 Å². The third kappa shape index (κ3) is 5.50. The van der Waals surface area contributed by atoms with Crippen LogP contribution in [0.5, 0.6) is 0 Å². The van der Waals surface area contributed by atoms with Crippen LogP contribution in [0.2, 0.25) is 0 Å². The highest BCUT2D eigenvalue weighted by Crippen LogP contribution is 2.19. The molecule has 15 heavy (non-hydrogen) atoms. The summed E-state index contributed by atoms with van der Waals surface area (Å²) in [6.45, 7) is 6.51. The molecule has 0 aliphatic rings. The number of hydrogen-bond donors (Lipinski definition) is 0. The molecule has 3 nitrogen and oxygen atoms in total. The van der Waals surface area contributed by atoms with Crippen LogP contribution in [0.1, 0.15) is 33.6 Å². The number of ether oxygens (including phenoxy) is 3. The molecular weight excluding hydrogens is 192 g/mol. The highest BCUT2D eigenvalue weighted by atomic mass is 16.7. The molecule has 3 heteroatoms. The first-order valence-corrected chi connectivity index (χ1v) is 5.65. The van der Waals surface area contributed by atoms with Crippen molar-refractivity contribution in [2.24, 2.45) is 11.8 Å². The molecule has 0 amide bonds. The van der Waals surface area contributed by atoms with Gasteiger partial charge in [-0.15, -0.1) is 0 Å². The first-order chi connectivity index (χ1) is 7.06. The van der Waals surface area contributed by atoms with E-state index >= 15 is 0 Å². The fourth-order valence-corrected chi connectivity index (χ4v) is 1.85. The van der Waals surface area contributed by atoms with Crippen molar-refractivity contribution in [2.75, 3.05) is 21.3 Å². The van der Waals surface area contributed by atoms with Crippen molar-refractivity contribution in [2.45, 2.75) is 46.0 Å². The summed E-state index contributed by atoms with van der Waals surface area (Å²) in [5.74, 6) is 0.960. The van der Waals surface area contributed by atoms with E-state index in [9.17, 15) is 0 Å². The molecule has 0 N–H and O–H groups in total. The largest absolute Gasteiger partial charge is 0.381 e. The zero-order valence-electron chi connectivity index (χ0n) is 10.9. The molecule has 0 aromatic rings. The van der Waals surface area contributed by atoms with Crippen molar-refractivity contribution in [1.82, 2.24) is 0 Å². The summed E-state index contributed by atoms with van der Waals surface area (Å²) in [5, 5.41) is 0. The molecule has 0 bridgehead atoms. The van der Waals surface area contributed by atoms with Crippen LogP contribution in [-0.2, 0) is 14.2 Å². The standard InChI is InChI=1S/C12H26O3/c1-9(2)11(13-4)8-7-10(3)12(14-5)15-6/h9-12H,7-8H2,1-6H3. The molecule has 0 spiro atoms.